The number of hydrogen-bond donors (Lipinski definition) is 3. The van der Waals surface area contributed by atoms with Gasteiger partial charge in [0.15, 0.2) is 5.82 Å². The minimum absolute atomic E-state index is 0.163. The van der Waals surface area contributed by atoms with Crippen molar-refractivity contribution in [3.05, 3.63) is 59.4 Å². The van der Waals surface area contributed by atoms with Crippen LogP contribution < -0.4 is 10.2 Å². The maximum absolute atomic E-state index is 13.2. The molecule has 0 spiro atoms. The van der Waals surface area contributed by atoms with Crippen LogP contribution in [-0.2, 0) is 11.0 Å². The van der Waals surface area contributed by atoms with Gasteiger partial charge in [-0.15, -0.1) is 0 Å². The molecule has 1 aliphatic heterocycles. The van der Waals surface area contributed by atoms with Gasteiger partial charge in [-0.25, -0.2) is 4.98 Å². The maximum atomic E-state index is 13.2. The van der Waals surface area contributed by atoms with E-state index in [4.69, 9.17) is 0 Å². The molecule has 1 aliphatic rings. The van der Waals surface area contributed by atoms with Gasteiger partial charge in [-0.05, 0) is 25.0 Å². The number of aromatic nitrogens is 4. The zero-order chi connectivity index (χ0) is 22.9. The first kappa shape index (κ1) is 21.6. The predicted molar refractivity (Wildman–Crippen MR) is 111 cm³/mol. The van der Waals surface area contributed by atoms with Gasteiger partial charge in [0.1, 0.15) is 5.82 Å². The number of piperidine rings is 1. The first-order valence-corrected chi connectivity index (χ1v) is 9.96. The fourth-order valence-electron chi connectivity index (χ4n) is 3.87. The van der Waals surface area contributed by atoms with Crippen molar-refractivity contribution in [2.24, 2.45) is 5.92 Å². The Morgan fingerprint density at radius 3 is 2.69 bits per heavy atom. The number of alkyl halides is 3. The quantitative estimate of drug-likeness (QED) is 0.545. The zero-order valence-electron chi connectivity index (χ0n) is 17.1. The molecule has 11 heteroatoms. The molecule has 168 valence electrons. The lowest BCUT2D eigenvalue weighted by molar-refractivity contribution is -0.142. The first-order chi connectivity index (χ1) is 15.2. The smallest absolute Gasteiger partial charge is 0.416 e. The van der Waals surface area contributed by atoms with Gasteiger partial charge >= 0.3 is 12.1 Å². The van der Waals surface area contributed by atoms with Gasteiger partial charge in [-0.1, -0.05) is 18.2 Å². The SMILES string of the molecule is Cc1cc(Nc2cc[nH]n2)nc(N2C[C@H](C(=O)O)C[C@H](c3cccc(C(F)(F)F)c3)C2)n1. The highest BCUT2D eigenvalue weighted by molar-refractivity contribution is 5.71. The number of aromatic amines is 1. The summed E-state index contributed by atoms with van der Waals surface area (Å²) in [6.45, 7) is 2.25. The number of carboxylic acid groups (broad SMARTS) is 1. The van der Waals surface area contributed by atoms with Crippen LogP contribution in [0.1, 0.15) is 29.2 Å². The van der Waals surface area contributed by atoms with E-state index in [0.29, 0.717) is 35.4 Å². The molecule has 8 nitrogen and oxygen atoms in total. The van der Waals surface area contributed by atoms with E-state index >= 15 is 0 Å². The second-order valence-electron chi connectivity index (χ2n) is 7.78. The van der Waals surface area contributed by atoms with Crippen molar-refractivity contribution < 1.29 is 23.1 Å². The Bertz CT molecular complexity index is 1100. The molecule has 1 aromatic carbocycles. The molecule has 1 saturated heterocycles. The van der Waals surface area contributed by atoms with Gasteiger partial charge in [0.2, 0.25) is 5.95 Å². The molecule has 0 bridgehead atoms. The third-order valence-corrected chi connectivity index (χ3v) is 5.37. The second kappa shape index (κ2) is 8.48. The highest BCUT2D eigenvalue weighted by Crippen LogP contribution is 2.36. The summed E-state index contributed by atoms with van der Waals surface area (Å²) in [6, 6.07) is 8.50. The molecule has 2 atom stereocenters. The minimum atomic E-state index is -4.47. The normalized spacial score (nSPS) is 19.1. The highest BCUT2D eigenvalue weighted by atomic mass is 19.4. The first-order valence-electron chi connectivity index (χ1n) is 9.96. The molecule has 0 radical (unpaired) electrons. The summed E-state index contributed by atoms with van der Waals surface area (Å²) < 4.78 is 39.6. The lowest BCUT2D eigenvalue weighted by Crippen LogP contribution is -2.43. The number of carbonyl (C=O) groups is 1. The van der Waals surface area contributed by atoms with E-state index in [0.717, 1.165) is 12.1 Å². The van der Waals surface area contributed by atoms with E-state index in [1.807, 2.05) is 0 Å². The molecular formula is C21H21F3N6O2. The van der Waals surface area contributed by atoms with E-state index in [2.05, 4.69) is 25.5 Å². The molecule has 0 unspecified atom stereocenters. The Morgan fingerprint density at radius 2 is 2.00 bits per heavy atom. The molecule has 3 aromatic rings. The average molecular weight is 446 g/mol. The van der Waals surface area contributed by atoms with Crippen LogP contribution in [0.3, 0.4) is 0 Å². The number of hydrogen-bond acceptors (Lipinski definition) is 6. The van der Waals surface area contributed by atoms with Crippen LogP contribution in [0, 0.1) is 12.8 Å². The third-order valence-electron chi connectivity index (χ3n) is 5.37. The Balaban J connectivity index is 1.64. The number of rotatable bonds is 5. The lowest BCUT2D eigenvalue weighted by atomic mass is 9.84. The number of anilines is 3. The zero-order valence-corrected chi connectivity index (χ0v) is 17.1. The van der Waals surface area contributed by atoms with Crippen LogP contribution in [0.15, 0.2) is 42.6 Å². The predicted octanol–water partition coefficient (Wildman–Crippen LogP) is 3.97. The fraction of sp³-hybridized carbons (Fsp3) is 0.333. The maximum Gasteiger partial charge on any atom is 0.416 e. The van der Waals surface area contributed by atoms with Crippen LogP contribution >= 0.6 is 0 Å². The summed E-state index contributed by atoms with van der Waals surface area (Å²) in [5.41, 5.74) is 0.343. The van der Waals surface area contributed by atoms with Gasteiger partial charge in [0.25, 0.3) is 0 Å². The Kier molecular flexibility index (Phi) is 5.72. The van der Waals surface area contributed by atoms with Crippen molar-refractivity contribution in [2.75, 3.05) is 23.3 Å². The van der Waals surface area contributed by atoms with Crippen molar-refractivity contribution >= 4 is 23.6 Å². The topological polar surface area (TPSA) is 107 Å². The monoisotopic (exact) mass is 446 g/mol. The van der Waals surface area contributed by atoms with Crippen LogP contribution in [0.4, 0.5) is 30.8 Å². The molecule has 0 saturated carbocycles. The standard InChI is InChI=1S/C21H21F3N6O2/c1-12-7-18(27-17-5-6-25-29-17)28-20(26-12)30-10-14(8-15(11-30)19(31)32)13-3-2-4-16(9-13)21(22,23)24/h2-7,9,14-15H,8,10-11H2,1H3,(H,31,32)(H2,25,26,27,28,29)/t14-,15+/m0/s1. The molecule has 1 fully saturated rings. The van der Waals surface area contributed by atoms with Gasteiger partial charge in [0.05, 0.1) is 11.5 Å². The summed E-state index contributed by atoms with van der Waals surface area (Å²) in [7, 11) is 0. The second-order valence-corrected chi connectivity index (χ2v) is 7.78. The molecule has 32 heavy (non-hydrogen) atoms. The van der Waals surface area contributed by atoms with Crippen LogP contribution in [0.25, 0.3) is 0 Å². The number of aliphatic carboxylic acids is 1. The Morgan fingerprint density at radius 1 is 1.19 bits per heavy atom. The van der Waals surface area contributed by atoms with Crippen LogP contribution in [0.5, 0.6) is 0 Å². The lowest BCUT2D eigenvalue weighted by Gasteiger charge is -2.36. The molecule has 3 heterocycles. The molecule has 0 aliphatic carbocycles. The minimum Gasteiger partial charge on any atom is -0.481 e. The Labute approximate surface area is 181 Å². The van der Waals surface area contributed by atoms with Gasteiger partial charge in [0, 0.05) is 43.0 Å². The van der Waals surface area contributed by atoms with E-state index in [-0.39, 0.29) is 13.0 Å². The number of nitrogens with one attached hydrogen (secondary N) is 2. The van der Waals surface area contributed by atoms with Crippen molar-refractivity contribution in [2.45, 2.75) is 25.4 Å². The fourth-order valence-corrected chi connectivity index (χ4v) is 3.87. The number of nitrogens with zero attached hydrogens (tertiary/aromatic N) is 4. The summed E-state index contributed by atoms with van der Waals surface area (Å²) in [6.07, 6.45) is -2.58. The molecular weight excluding hydrogens is 425 g/mol. The molecule has 0 amide bonds. The van der Waals surface area contributed by atoms with Crippen molar-refractivity contribution in [1.29, 1.82) is 0 Å². The van der Waals surface area contributed by atoms with Crippen molar-refractivity contribution in [1.82, 2.24) is 20.2 Å². The summed E-state index contributed by atoms with van der Waals surface area (Å²) in [5.74, 6) is -0.847. The average Bonchev–Trinajstić information content (AvgIpc) is 3.25. The molecule has 3 N–H and O–H groups in total. The highest BCUT2D eigenvalue weighted by Gasteiger charge is 2.35. The van der Waals surface area contributed by atoms with E-state index in [9.17, 15) is 23.1 Å². The van der Waals surface area contributed by atoms with E-state index in [1.54, 1.807) is 36.2 Å². The summed E-state index contributed by atoms with van der Waals surface area (Å²) in [5, 5.41) is 19.4. The van der Waals surface area contributed by atoms with Gasteiger partial charge in [-0.3, -0.25) is 9.89 Å². The number of halogens is 3. The van der Waals surface area contributed by atoms with Crippen molar-refractivity contribution in [3.8, 4) is 0 Å². The van der Waals surface area contributed by atoms with Crippen LogP contribution in [-0.4, -0.2) is 44.3 Å². The number of carboxylic acids is 1. The summed E-state index contributed by atoms with van der Waals surface area (Å²) in [4.78, 5) is 22.5. The number of H-pyrrole nitrogens is 1. The van der Waals surface area contributed by atoms with Gasteiger partial charge in [-0.2, -0.15) is 23.3 Å². The third kappa shape index (κ3) is 4.82. The van der Waals surface area contributed by atoms with Gasteiger partial charge < -0.3 is 15.3 Å². The van der Waals surface area contributed by atoms with E-state index in [1.165, 1.54) is 6.07 Å². The van der Waals surface area contributed by atoms with Crippen molar-refractivity contribution in [3.63, 3.8) is 0 Å². The largest absolute Gasteiger partial charge is 0.481 e. The van der Waals surface area contributed by atoms with Crippen LogP contribution in [0.2, 0.25) is 0 Å². The summed E-state index contributed by atoms with van der Waals surface area (Å²) >= 11 is 0. The number of benzene rings is 1. The van der Waals surface area contributed by atoms with E-state index < -0.39 is 29.5 Å². The number of aryl methyl sites for hydroxylation is 1. The molecule has 2 aromatic heterocycles. The Hall–Kier alpha value is -3.63. The molecule has 4 rings (SSSR count).